The average Bonchev–Trinajstić information content (AvgIpc) is 2.73. The Hall–Kier alpha value is -1.47. The number of carbonyl (C=O) groups excluding carboxylic acids is 1. The molecule has 0 bridgehead atoms. The number of nitrogens with two attached hydrogens (primary N) is 1. The summed E-state index contributed by atoms with van der Waals surface area (Å²) in [4.78, 5) is 13.3. The number of hydrogen-bond donors (Lipinski definition) is 1. The van der Waals surface area contributed by atoms with Crippen molar-refractivity contribution in [1.29, 1.82) is 0 Å². The second-order valence-corrected chi connectivity index (χ2v) is 4.86. The van der Waals surface area contributed by atoms with Gasteiger partial charge in [0.1, 0.15) is 11.9 Å². The number of carbonyl (C=O) groups is 1. The molecular weight excluding hydrogens is 309 g/mol. The Bertz CT molecular complexity index is 523. The first-order valence-electron chi connectivity index (χ1n) is 6.13. The quantitative estimate of drug-likeness (QED) is 0.928. The fourth-order valence-corrected chi connectivity index (χ4v) is 2.17. The molecular formula is C13H16ClF3N2O2. The molecule has 2 N–H and O–H groups in total. The fourth-order valence-electron chi connectivity index (χ4n) is 2.17. The van der Waals surface area contributed by atoms with Gasteiger partial charge in [0, 0.05) is 13.1 Å². The number of ether oxygens (including phenoxy) is 1. The summed E-state index contributed by atoms with van der Waals surface area (Å²) in [6.45, 7) is 1.41. The molecule has 1 fully saturated rings. The van der Waals surface area contributed by atoms with Crippen LogP contribution in [0.25, 0.3) is 0 Å². The molecule has 0 unspecified atom stereocenters. The van der Waals surface area contributed by atoms with Gasteiger partial charge in [-0.15, -0.1) is 12.4 Å². The minimum Gasteiger partial charge on any atom is -0.488 e. The SMILES string of the molecule is CN1CC[C@@H](Oc2cc(C(F)(F)F)ccc2C(N)=O)C1.Cl. The van der Waals surface area contributed by atoms with Crippen LogP contribution >= 0.6 is 12.4 Å². The van der Waals surface area contributed by atoms with Crippen molar-refractivity contribution < 1.29 is 22.7 Å². The molecule has 118 valence electrons. The molecule has 0 spiro atoms. The second-order valence-electron chi connectivity index (χ2n) is 4.86. The Kier molecular flexibility index (Phi) is 5.47. The van der Waals surface area contributed by atoms with E-state index < -0.39 is 17.6 Å². The van der Waals surface area contributed by atoms with Crippen molar-refractivity contribution in [2.45, 2.75) is 18.7 Å². The number of amides is 1. The number of benzene rings is 1. The van der Waals surface area contributed by atoms with Crippen molar-refractivity contribution in [3.63, 3.8) is 0 Å². The van der Waals surface area contributed by atoms with Gasteiger partial charge in [-0.1, -0.05) is 0 Å². The third kappa shape index (κ3) is 4.25. The molecule has 2 rings (SSSR count). The summed E-state index contributed by atoms with van der Waals surface area (Å²) in [5, 5.41) is 0. The third-order valence-electron chi connectivity index (χ3n) is 3.22. The number of primary amides is 1. The van der Waals surface area contributed by atoms with Gasteiger partial charge in [-0.25, -0.2) is 0 Å². The van der Waals surface area contributed by atoms with E-state index in [1.807, 2.05) is 11.9 Å². The van der Waals surface area contributed by atoms with Crippen molar-refractivity contribution in [2.75, 3.05) is 20.1 Å². The van der Waals surface area contributed by atoms with E-state index in [1.54, 1.807) is 0 Å². The van der Waals surface area contributed by atoms with Crippen LogP contribution in [0.15, 0.2) is 18.2 Å². The maximum atomic E-state index is 12.7. The highest BCUT2D eigenvalue weighted by Crippen LogP contribution is 2.33. The molecule has 0 aliphatic carbocycles. The summed E-state index contributed by atoms with van der Waals surface area (Å²) in [5.74, 6) is -0.910. The molecule has 1 aliphatic heterocycles. The minimum atomic E-state index is -4.49. The summed E-state index contributed by atoms with van der Waals surface area (Å²) in [6.07, 6.45) is -4.02. The van der Waals surface area contributed by atoms with E-state index >= 15 is 0 Å². The Morgan fingerprint density at radius 2 is 2.10 bits per heavy atom. The summed E-state index contributed by atoms with van der Waals surface area (Å²) >= 11 is 0. The van der Waals surface area contributed by atoms with Gasteiger partial charge in [0.05, 0.1) is 11.1 Å². The van der Waals surface area contributed by atoms with Crippen LogP contribution in [0.3, 0.4) is 0 Å². The van der Waals surface area contributed by atoms with E-state index in [4.69, 9.17) is 10.5 Å². The number of alkyl halides is 3. The third-order valence-corrected chi connectivity index (χ3v) is 3.22. The van der Waals surface area contributed by atoms with Crippen LogP contribution in [0.2, 0.25) is 0 Å². The van der Waals surface area contributed by atoms with Crippen LogP contribution < -0.4 is 10.5 Å². The van der Waals surface area contributed by atoms with Crippen molar-refractivity contribution in [3.8, 4) is 5.75 Å². The molecule has 1 heterocycles. The Labute approximate surface area is 126 Å². The maximum absolute atomic E-state index is 12.7. The lowest BCUT2D eigenvalue weighted by molar-refractivity contribution is -0.137. The van der Waals surface area contributed by atoms with Gasteiger partial charge < -0.3 is 15.4 Å². The first-order valence-corrected chi connectivity index (χ1v) is 6.13. The monoisotopic (exact) mass is 324 g/mol. The Balaban J connectivity index is 0.00000220. The van der Waals surface area contributed by atoms with Crippen LogP contribution in [-0.4, -0.2) is 37.0 Å². The Morgan fingerprint density at radius 1 is 1.43 bits per heavy atom. The highest BCUT2D eigenvalue weighted by molar-refractivity contribution is 5.95. The molecule has 0 saturated carbocycles. The van der Waals surface area contributed by atoms with Crippen LogP contribution in [0.1, 0.15) is 22.3 Å². The van der Waals surface area contributed by atoms with Crippen molar-refractivity contribution in [1.82, 2.24) is 4.90 Å². The number of likely N-dealkylation sites (N-methyl/N-ethyl adjacent to an activating group) is 1. The predicted molar refractivity (Wildman–Crippen MR) is 73.7 cm³/mol. The van der Waals surface area contributed by atoms with E-state index in [0.29, 0.717) is 13.0 Å². The lowest BCUT2D eigenvalue weighted by atomic mass is 10.1. The normalized spacial score (nSPS) is 19.1. The molecule has 8 heteroatoms. The molecule has 1 aromatic rings. The fraction of sp³-hybridized carbons (Fsp3) is 0.462. The zero-order valence-electron chi connectivity index (χ0n) is 11.3. The molecule has 1 aromatic carbocycles. The summed E-state index contributed by atoms with van der Waals surface area (Å²) < 4.78 is 43.6. The van der Waals surface area contributed by atoms with Gasteiger partial charge in [0.25, 0.3) is 5.91 Å². The van der Waals surface area contributed by atoms with Gasteiger partial charge in [-0.3, -0.25) is 4.79 Å². The molecule has 21 heavy (non-hydrogen) atoms. The van der Waals surface area contributed by atoms with Gasteiger partial charge in [-0.05, 0) is 31.7 Å². The maximum Gasteiger partial charge on any atom is 0.416 e. The van der Waals surface area contributed by atoms with Crippen LogP contribution in [-0.2, 0) is 6.18 Å². The lowest BCUT2D eigenvalue weighted by Gasteiger charge is -2.17. The van der Waals surface area contributed by atoms with Crippen LogP contribution in [0.4, 0.5) is 13.2 Å². The van der Waals surface area contributed by atoms with E-state index in [2.05, 4.69) is 0 Å². The number of hydrogen-bond acceptors (Lipinski definition) is 3. The topological polar surface area (TPSA) is 55.6 Å². The second kappa shape index (κ2) is 6.53. The average molecular weight is 325 g/mol. The van der Waals surface area contributed by atoms with Gasteiger partial charge in [-0.2, -0.15) is 13.2 Å². The first-order chi connectivity index (χ1) is 9.27. The Morgan fingerprint density at radius 3 is 2.57 bits per heavy atom. The molecule has 4 nitrogen and oxygen atoms in total. The molecule has 1 atom stereocenters. The summed E-state index contributed by atoms with van der Waals surface area (Å²) in [5.41, 5.74) is 4.27. The van der Waals surface area contributed by atoms with Gasteiger partial charge in [0.15, 0.2) is 0 Å². The van der Waals surface area contributed by atoms with Crippen molar-refractivity contribution in [3.05, 3.63) is 29.3 Å². The highest BCUT2D eigenvalue weighted by atomic mass is 35.5. The zero-order chi connectivity index (χ0) is 14.9. The number of nitrogens with zero attached hydrogens (tertiary/aromatic N) is 1. The summed E-state index contributed by atoms with van der Waals surface area (Å²) in [7, 11) is 1.89. The number of halogens is 4. The predicted octanol–water partition coefficient (Wildman–Crippen LogP) is 2.31. The molecule has 1 saturated heterocycles. The molecule has 1 aliphatic rings. The molecule has 0 radical (unpaired) electrons. The van der Waals surface area contributed by atoms with Gasteiger partial charge >= 0.3 is 6.18 Å². The lowest BCUT2D eigenvalue weighted by Crippen LogP contribution is -2.23. The van der Waals surface area contributed by atoms with Crippen LogP contribution in [0.5, 0.6) is 5.75 Å². The smallest absolute Gasteiger partial charge is 0.416 e. The standard InChI is InChI=1S/C13H15F3N2O2.ClH/c1-18-5-4-9(7-18)20-11-6-8(13(14,15)16)2-3-10(11)12(17)19;/h2-3,6,9H,4-5,7H2,1H3,(H2,17,19);1H/t9-;/m1./s1. The first kappa shape index (κ1) is 17.6. The minimum absolute atomic E-state index is 0. The van der Waals surface area contributed by atoms with Crippen LogP contribution in [0, 0.1) is 0 Å². The highest BCUT2D eigenvalue weighted by Gasteiger charge is 2.32. The van der Waals surface area contributed by atoms with E-state index in [9.17, 15) is 18.0 Å². The van der Waals surface area contributed by atoms with Crippen molar-refractivity contribution >= 4 is 18.3 Å². The van der Waals surface area contributed by atoms with E-state index in [1.165, 1.54) is 0 Å². The van der Waals surface area contributed by atoms with Gasteiger partial charge in [0.2, 0.25) is 0 Å². The summed E-state index contributed by atoms with van der Waals surface area (Å²) in [6, 6.07) is 2.71. The molecule has 1 amide bonds. The number of likely N-dealkylation sites (tertiary alicyclic amines) is 1. The van der Waals surface area contributed by atoms with E-state index in [0.717, 1.165) is 24.7 Å². The van der Waals surface area contributed by atoms with Crippen molar-refractivity contribution in [2.24, 2.45) is 5.73 Å². The largest absolute Gasteiger partial charge is 0.488 e. The van der Waals surface area contributed by atoms with E-state index in [-0.39, 0.29) is 29.8 Å². The number of rotatable bonds is 3. The molecule has 0 aromatic heterocycles. The zero-order valence-corrected chi connectivity index (χ0v) is 12.1.